The van der Waals surface area contributed by atoms with E-state index in [9.17, 15) is 14.9 Å². The highest BCUT2D eigenvalue weighted by atomic mass is 16.6. The maximum atomic E-state index is 12.5. The fourth-order valence-corrected chi connectivity index (χ4v) is 4.27. The van der Waals surface area contributed by atoms with E-state index in [1.165, 1.54) is 0 Å². The molecule has 0 aliphatic carbocycles. The molecule has 1 amide bonds. The summed E-state index contributed by atoms with van der Waals surface area (Å²) in [7, 11) is 0. The number of fused-ring (bicyclic) bond motifs is 3. The van der Waals surface area contributed by atoms with E-state index in [1.807, 2.05) is 12.1 Å². The molecular formula is C20H26N6O3. The van der Waals surface area contributed by atoms with Crippen LogP contribution in [-0.2, 0) is 6.54 Å². The van der Waals surface area contributed by atoms with Crippen molar-refractivity contribution in [2.24, 2.45) is 0 Å². The summed E-state index contributed by atoms with van der Waals surface area (Å²) in [5, 5.41) is 18.5. The van der Waals surface area contributed by atoms with Crippen molar-refractivity contribution in [1.29, 1.82) is 0 Å². The summed E-state index contributed by atoms with van der Waals surface area (Å²) in [5.74, 6) is -0.0732. The number of benzene rings is 1. The van der Waals surface area contributed by atoms with Gasteiger partial charge in [-0.15, -0.1) is 0 Å². The largest absolute Gasteiger partial charge is 0.350 e. The minimum atomic E-state index is -0.396. The molecule has 1 aromatic carbocycles. The van der Waals surface area contributed by atoms with Crippen LogP contribution in [0.3, 0.4) is 0 Å². The number of nitro groups is 1. The summed E-state index contributed by atoms with van der Waals surface area (Å²) < 4.78 is 1.63. The van der Waals surface area contributed by atoms with E-state index in [0.29, 0.717) is 36.1 Å². The normalized spacial score (nSPS) is 23.2. The molecule has 1 N–H and O–H groups in total. The Morgan fingerprint density at radius 2 is 1.90 bits per heavy atom. The molecular weight excluding hydrogens is 372 g/mol. The van der Waals surface area contributed by atoms with Gasteiger partial charge in [-0.2, -0.15) is 5.10 Å². The molecule has 29 heavy (non-hydrogen) atoms. The van der Waals surface area contributed by atoms with Crippen LogP contribution in [-0.4, -0.2) is 75.7 Å². The van der Waals surface area contributed by atoms with Gasteiger partial charge in [0.2, 0.25) is 0 Å². The van der Waals surface area contributed by atoms with Crippen molar-refractivity contribution in [3.8, 4) is 0 Å². The Hall–Kier alpha value is -2.78. The number of carbonyl (C=O) groups excluding carboxylic acids is 1. The van der Waals surface area contributed by atoms with Gasteiger partial charge in [0, 0.05) is 50.9 Å². The van der Waals surface area contributed by atoms with Gasteiger partial charge in [-0.05, 0) is 31.5 Å². The molecule has 3 aliphatic heterocycles. The fraction of sp³-hybridized carbons (Fsp3) is 0.500. The molecule has 0 saturated carbocycles. The van der Waals surface area contributed by atoms with Gasteiger partial charge >= 0.3 is 5.69 Å². The van der Waals surface area contributed by atoms with Gasteiger partial charge in [0.15, 0.2) is 0 Å². The van der Waals surface area contributed by atoms with Crippen molar-refractivity contribution in [2.75, 3.05) is 39.3 Å². The van der Waals surface area contributed by atoms with Crippen LogP contribution >= 0.6 is 0 Å². The fourth-order valence-electron chi connectivity index (χ4n) is 4.27. The summed E-state index contributed by atoms with van der Waals surface area (Å²) in [6.07, 6.45) is 0. The average Bonchev–Trinajstić information content (AvgIpc) is 3.00. The van der Waals surface area contributed by atoms with Gasteiger partial charge in [-0.25, -0.2) is 0 Å². The molecule has 3 aliphatic rings. The summed E-state index contributed by atoms with van der Waals surface area (Å²) in [4.78, 5) is 28.2. The third-order valence-corrected chi connectivity index (χ3v) is 5.96. The number of hydrogen-bond acceptors (Lipinski definition) is 6. The number of nitrogens with one attached hydrogen (secondary N) is 1. The van der Waals surface area contributed by atoms with Gasteiger partial charge in [0.1, 0.15) is 11.4 Å². The quantitative estimate of drug-likeness (QED) is 0.580. The summed E-state index contributed by atoms with van der Waals surface area (Å²) in [6, 6.07) is 7.72. The zero-order valence-corrected chi connectivity index (χ0v) is 16.8. The second kappa shape index (κ2) is 7.92. The topological polar surface area (TPSA) is 96.5 Å². The lowest BCUT2D eigenvalue weighted by Gasteiger charge is -2.47. The third kappa shape index (κ3) is 4.01. The molecule has 9 nitrogen and oxygen atoms in total. The lowest BCUT2D eigenvalue weighted by atomic mass is 10.1. The van der Waals surface area contributed by atoms with E-state index in [4.69, 9.17) is 0 Å². The highest BCUT2D eigenvalue weighted by Crippen LogP contribution is 2.22. The molecule has 1 unspecified atom stereocenters. The molecule has 0 spiro atoms. The minimum absolute atomic E-state index is 0.0597. The first-order valence-corrected chi connectivity index (χ1v) is 9.94. The van der Waals surface area contributed by atoms with Gasteiger partial charge in [0.05, 0.1) is 11.5 Å². The third-order valence-electron chi connectivity index (χ3n) is 5.96. The van der Waals surface area contributed by atoms with Crippen LogP contribution in [0.4, 0.5) is 5.69 Å². The van der Waals surface area contributed by atoms with Crippen molar-refractivity contribution < 1.29 is 9.72 Å². The number of amides is 1. The van der Waals surface area contributed by atoms with Crippen molar-refractivity contribution in [2.45, 2.75) is 26.4 Å². The standard InChI is InChI=1S/C20H26N6O3/c1-14-19(26(28)29)15(2)25(22-14)12-16-3-5-17(6-4-16)20(27)21-11-18-13-23-7-9-24(18)10-8-23/h3-6,18H,7-13H2,1-2H3,(H,21,27). The van der Waals surface area contributed by atoms with Crippen LogP contribution in [0.2, 0.25) is 0 Å². The number of rotatable bonds is 6. The first kappa shape index (κ1) is 19.5. The summed E-state index contributed by atoms with van der Waals surface area (Å²) >= 11 is 0. The molecule has 2 aromatic rings. The lowest BCUT2D eigenvalue weighted by Crippen LogP contribution is -2.63. The number of nitrogens with zero attached hydrogens (tertiary/aromatic N) is 5. The zero-order valence-electron chi connectivity index (χ0n) is 16.8. The van der Waals surface area contributed by atoms with E-state index in [-0.39, 0.29) is 11.6 Å². The zero-order chi connectivity index (χ0) is 20.5. The number of hydrogen-bond donors (Lipinski definition) is 1. The monoisotopic (exact) mass is 398 g/mol. The van der Waals surface area contributed by atoms with Gasteiger partial charge in [0.25, 0.3) is 5.91 Å². The maximum Gasteiger partial charge on any atom is 0.312 e. The molecule has 4 heterocycles. The van der Waals surface area contributed by atoms with E-state index in [0.717, 1.165) is 38.3 Å². The summed E-state index contributed by atoms with van der Waals surface area (Å²) in [5.41, 5.74) is 2.55. The van der Waals surface area contributed by atoms with Crippen LogP contribution in [0.25, 0.3) is 0 Å². The molecule has 1 aromatic heterocycles. The Labute approximate surface area is 169 Å². The van der Waals surface area contributed by atoms with Crippen LogP contribution in [0.1, 0.15) is 27.3 Å². The van der Waals surface area contributed by atoms with E-state index in [1.54, 1.807) is 30.7 Å². The first-order valence-electron chi connectivity index (χ1n) is 9.94. The number of carbonyl (C=O) groups is 1. The molecule has 3 fully saturated rings. The number of aryl methyl sites for hydroxylation is 1. The predicted molar refractivity (Wildman–Crippen MR) is 108 cm³/mol. The van der Waals surface area contributed by atoms with Crippen LogP contribution < -0.4 is 5.32 Å². The number of aromatic nitrogens is 2. The first-order chi connectivity index (χ1) is 13.9. The smallest absolute Gasteiger partial charge is 0.312 e. The van der Waals surface area contributed by atoms with Crippen molar-refractivity contribution >= 4 is 11.6 Å². The van der Waals surface area contributed by atoms with Crippen molar-refractivity contribution in [3.05, 3.63) is 56.9 Å². The van der Waals surface area contributed by atoms with Crippen LogP contribution in [0.15, 0.2) is 24.3 Å². The van der Waals surface area contributed by atoms with E-state index >= 15 is 0 Å². The molecule has 1 atom stereocenters. The van der Waals surface area contributed by atoms with Crippen molar-refractivity contribution in [1.82, 2.24) is 24.9 Å². The Morgan fingerprint density at radius 1 is 1.21 bits per heavy atom. The van der Waals surface area contributed by atoms with E-state index in [2.05, 4.69) is 20.2 Å². The SMILES string of the molecule is Cc1nn(Cc2ccc(C(=O)NCC3CN4CCN3CC4)cc2)c(C)c1[N+](=O)[O-]. The summed E-state index contributed by atoms with van der Waals surface area (Å²) in [6.45, 7) is 9.87. The minimum Gasteiger partial charge on any atom is -0.350 e. The van der Waals surface area contributed by atoms with E-state index < -0.39 is 4.92 Å². The van der Waals surface area contributed by atoms with Gasteiger partial charge < -0.3 is 5.32 Å². The molecule has 9 heteroatoms. The Balaban J connectivity index is 1.36. The predicted octanol–water partition coefficient (Wildman–Crippen LogP) is 1.19. The molecule has 0 radical (unpaired) electrons. The van der Waals surface area contributed by atoms with Crippen LogP contribution in [0.5, 0.6) is 0 Å². The molecule has 5 rings (SSSR count). The Kier molecular flexibility index (Phi) is 5.33. The second-order valence-corrected chi connectivity index (χ2v) is 7.83. The van der Waals surface area contributed by atoms with Gasteiger partial charge in [-0.1, -0.05) is 12.1 Å². The average molecular weight is 398 g/mol. The second-order valence-electron chi connectivity index (χ2n) is 7.83. The highest BCUT2D eigenvalue weighted by Gasteiger charge is 2.31. The highest BCUT2D eigenvalue weighted by molar-refractivity contribution is 5.94. The van der Waals surface area contributed by atoms with Crippen LogP contribution in [0, 0.1) is 24.0 Å². The van der Waals surface area contributed by atoms with Crippen molar-refractivity contribution in [3.63, 3.8) is 0 Å². The molecule has 154 valence electrons. The lowest BCUT2D eigenvalue weighted by molar-refractivity contribution is -0.386. The van der Waals surface area contributed by atoms with Gasteiger partial charge in [-0.3, -0.25) is 29.4 Å². The molecule has 3 saturated heterocycles. The Bertz CT molecular complexity index is 915. The molecule has 2 bridgehead atoms. The maximum absolute atomic E-state index is 12.5. The Morgan fingerprint density at radius 3 is 2.45 bits per heavy atom. The number of piperazine rings is 3.